The lowest BCUT2D eigenvalue weighted by Gasteiger charge is -2.22. The third kappa shape index (κ3) is 2.55. The van der Waals surface area contributed by atoms with Gasteiger partial charge >= 0.3 is 0 Å². The van der Waals surface area contributed by atoms with Gasteiger partial charge < -0.3 is 9.73 Å². The van der Waals surface area contributed by atoms with E-state index in [4.69, 9.17) is 4.42 Å². The molecule has 6 heteroatoms. The number of amides is 1. The second kappa shape index (κ2) is 5.85. The minimum atomic E-state index is -0.152. The zero-order valence-electron chi connectivity index (χ0n) is 14.9. The fourth-order valence-corrected chi connectivity index (χ4v) is 3.90. The lowest BCUT2D eigenvalue weighted by atomic mass is 9.88. The fraction of sp³-hybridized carbons (Fsp3) is 0.286. The van der Waals surface area contributed by atoms with Crippen molar-refractivity contribution in [3.8, 4) is 17.4 Å². The lowest BCUT2D eigenvalue weighted by Crippen LogP contribution is -2.24. The molecule has 0 spiro atoms. The number of hydrogen-bond acceptors (Lipinski definition) is 4. The van der Waals surface area contributed by atoms with Gasteiger partial charge in [0.2, 0.25) is 5.91 Å². The molecule has 1 unspecified atom stereocenters. The van der Waals surface area contributed by atoms with E-state index in [2.05, 4.69) is 16.5 Å². The first kappa shape index (κ1) is 15.9. The number of anilines is 1. The van der Waals surface area contributed by atoms with Crippen LogP contribution in [-0.4, -0.2) is 15.7 Å². The van der Waals surface area contributed by atoms with Gasteiger partial charge in [0.25, 0.3) is 0 Å². The number of nitriles is 1. The SMILES string of the molecule is Cn1nc(C2CC2)c2c1NC(=O)CC2c1ccc(-c2ccccc2C#N)o1. The van der Waals surface area contributed by atoms with Crippen molar-refractivity contribution < 1.29 is 9.21 Å². The highest BCUT2D eigenvalue weighted by molar-refractivity contribution is 5.94. The van der Waals surface area contributed by atoms with E-state index >= 15 is 0 Å². The van der Waals surface area contributed by atoms with Gasteiger partial charge in [-0.3, -0.25) is 9.48 Å². The molecule has 2 aliphatic rings. The van der Waals surface area contributed by atoms with Crippen molar-refractivity contribution in [2.75, 3.05) is 5.32 Å². The highest BCUT2D eigenvalue weighted by atomic mass is 16.3. The molecule has 1 aliphatic heterocycles. The summed E-state index contributed by atoms with van der Waals surface area (Å²) in [6.07, 6.45) is 2.62. The Morgan fingerprint density at radius 2 is 2.07 bits per heavy atom. The number of hydrogen-bond donors (Lipinski definition) is 1. The van der Waals surface area contributed by atoms with E-state index in [1.807, 2.05) is 37.4 Å². The van der Waals surface area contributed by atoms with Gasteiger partial charge in [0, 0.05) is 30.5 Å². The molecule has 1 N–H and O–H groups in total. The number of aromatic nitrogens is 2. The number of carbonyl (C=O) groups is 1. The van der Waals surface area contributed by atoms with Gasteiger partial charge in [-0.15, -0.1) is 0 Å². The summed E-state index contributed by atoms with van der Waals surface area (Å²) in [7, 11) is 1.87. The normalized spacial score (nSPS) is 18.7. The van der Waals surface area contributed by atoms with E-state index in [1.54, 1.807) is 10.7 Å². The maximum Gasteiger partial charge on any atom is 0.226 e. The van der Waals surface area contributed by atoms with Crippen LogP contribution in [0, 0.1) is 11.3 Å². The van der Waals surface area contributed by atoms with Gasteiger partial charge in [0.1, 0.15) is 17.3 Å². The fourth-order valence-electron chi connectivity index (χ4n) is 3.90. The number of fused-ring (bicyclic) bond motifs is 1. The number of benzene rings is 1. The molecule has 1 aliphatic carbocycles. The average molecular weight is 358 g/mol. The molecular formula is C21H18N4O2. The van der Waals surface area contributed by atoms with Crippen LogP contribution >= 0.6 is 0 Å². The van der Waals surface area contributed by atoms with Crippen molar-refractivity contribution in [2.24, 2.45) is 7.05 Å². The minimum absolute atomic E-state index is 0.0341. The molecule has 1 amide bonds. The van der Waals surface area contributed by atoms with Crippen LogP contribution in [-0.2, 0) is 11.8 Å². The second-order valence-corrected chi connectivity index (χ2v) is 7.21. The van der Waals surface area contributed by atoms with Crippen LogP contribution in [0.3, 0.4) is 0 Å². The Bertz CT molecular complexity index is 1100. The molecule has 27 heavy (non-hydrogen) atoms. The number of aryl methyl sites for hydroxylation is 1. The number of rotatable bonds is 3. The summed E-state index contributed by atoms with van der Waals surface area (Å²) in [5.41, 5.74) is 3.49. The van der Waals surface area contributed by atoms with Gasteiger partial charge in [0.15, 0.2) is 0 Å². The van der Waals surface area contributed by atoms with Crippen molar-refractivity contribution in [3.05, 3.63) is 59.0 Å². The molecule has 3 aromatic rings. The summed E-state index contributed by atoms with van der Waals surface area (Å²) in [5.74, 6) is 2.45. The van der Waals surface area contributed by atoms with Crippen LogP contribution in [0.25, 0.3) is 11.3 Å². The maximum atomic E-state index is 12.3. The molecule has 6 nitrogen and oxygen atoms in total. The largest absolute Gasteiger partial charge is 0.460 e. The van der Waals surface area contributed by atoms with Gasteiger partial charge in [0.05, 0.1) is 23.2 Å². The molecule has 0 bridgehead atoms. The number of nitrogens with one attached hydrogen (secondary N) is 1. The first-order chi connectivity index (χ1) is 13.2. The van der Waals surface area contributed by atoms with E-state index in [-0.39, 0.29) is 11.8 Å². The molecule has 5 rings (SSSR count). The van der Waals surface area contributed by atoms with Gasteiger partial charge in [-0.1, -0.05) is 12.1 Å². The van der Waals surface area contributed by atoms with Crippen LogP contribution in [0.2, 0.25) is 0 Å². The molecule has 1 saturated carbocycles. The highest BCUT2D eigenvalue weighted by Crippen LogP contribution is 2.48. The quantitative estimate of drug-likeness (QED) is 0.769. The van der Waals surface area contributed by atoms with Crippen molar-refractivity contribution in [1.29, 1.82) is 5.26 Å². The zero-order chi connectivity index (χ0) is 18.5. The van der Waals surface area contributed by atoms with E-state index in [9.17, 15) is 10.1 Å². The van der Waals surface area contributed by atoms with Crippen LogP contribution in [0.1, 0.15) is 53.7 Å². The highest BCUT2D eigenvalue weighted by Gasteiger charge is 2.39. The van der Waals surface area contributed by atoms with E-state index < -0.39 is 0 Å². The van der Waals surface area contributed by atoms with Crippen molar-refractivity contribution in [3.63, 3.8) is 0 Å². The Labute approximate surface area is 156 Å². The summed E-state index contributed by atoms with van der Waals surface area (Å²) < 4.78 is 7.92. The van der Waals surface area contributed by atoms with Crippen molar-refractivity contribution in [2.45, 2.75) is 31.1 Å². The topological polar surface area (TPSA) is 83.9 Å². The number of furan rings is 1. The average Bonchev–Trinajstić information content (AvgIpc) is 3.32. The zero-order valence-corrected chi connectivity index (χ0v) is 14.9. The molecule has 0 radical (unpaired) electrons. The predicted octanol–water partition coefficient (Wildman–Crippen LogP) is 3.90. The summed E-state index contributed by atoms with van der Waals surface area (Å²) in [6, 6.07) is 13.4. The first-order valence-electron chi connectivity index (χ1n) is 9.11. The number of nitrogens with zero attached hydrogens (tertiary/aromatic N) is 3. The molecular weight excluding hydrogens is 340 g/mol. The third-order valence-electron chi connectivity index (χ3n) is 5.36. The molecule has 0 saturated heterocycles. The van der Waals surface area contributed by atoms with Crippen molar-refractivity contribution in [1.82, 2.24) is 9.78 Å². The van der Waals surface area contributed by atoms with Crippen LogP contribution in [0.4, 0.5) is 5.82 Å². The monoisotopic (exact) mass is 358 g/mol. The Balaban J connectivity index is 1.60. The number of carbonyl (C=O) groups excluding carboxylic acids is 1. The Hall–Kier alpha value is -3.33. The molecule has 134 valence electrons. The van der Waals surface area contributed by atoms with Crippen LogP contribution in [0.15, 0.2) is 40.8 Å². The minimum Gasteiger partial charge on any atom is -0.460 e. The van der Waals surface area contributed by atoms with Gasteiger partial charge in [-0.2, -0.15) is 10.4 Å². The summed E-state index contributed by atoms with van der Waals surface area (Å²) in [5, 5.41) is 17.0. The lowest BCUT2D eigenvalue weighted by molar-refractivity contribution is -0.116. The smallest absolute Gasteiger partial charge is 0.226 e. The second-order valence-electron chi connectivity index (χ2n) is 7.21. The van der Waals surface area contributed by atoms with Gasteiger partial charge in [-0.05, 0) is 37.1 Å². The standard InChI is InChI=1S/C21H18N4O2/c1-25-21-19(20(24-25)12-6-7-12)15(10-18(26)23-21)17-9-8-16(27-17)14-5-3-2-4-13(14)11-22/h2-5,8-9,12,15H,6-7,10H2,1H3,(H,23,26). The van der Waals surface area contributed by atoms with E-state index in [1.165, 1.54) is 0 Å². The summed E-state index contributed by atoms with van der Waals surface area (Å²) >= 11 is 0. The van der Waals surface area contributed by atoms with E-state index in [0.717, 1.165) is 41.2 Å². The van der Waals surface area contributed by atoms with Crippen LogP contribution < -0.4 is 5.32 Å². The molecule has 2 aromatic heterocycles. The Morgan fingerprint density at radius 3 is 2.85 bits per heavy atom. The predicted molar refractivity (Wildman–Crippen MR) is 99.1 cm³/mol. The summed E-state index contributed by atoms with van der Waals surface area (Å²) in [6.45, 7) is 0. The third-order valence-corrected chi connectivity index (χ3v) is 5.36. The first-order valence-corrected chi connectivity index (χ1v) is 9.11. The Morgan fingerprint density at radius 1 is 1.26 bits per heavy atom. The maximum absolute atomic E-state index is 12.3. The summed E-state index contributed by atoms with van der Waals surface area (Å²) in [4.78, 5) is 12.3. The molecule has 1 atom stereocenters. The Kier molecular flexibility index (Phi) is 3.44. The van der Waals surface area contributed by atoms with Gasteiger partial charge in [-0.25, -0.2) is 0 Å². The van der Waals surface area contributed by atoms with E-state index in [0.29, 0.717) is 23.7 Å². The molecule has 1 fully saturated rings. The van der Waals surface area contributed by atoms with Crippen LogP contribution in [0.5, 0.6) is 0 Å². The van der Waals surface area contributed by atoms with Crippen molar-refractivity contribution >= 4 is 11.7 Å². The molecule has 3 heterocycles. The molecule has 1 aromatic carbocycles.